The molecule has 1 aliphatic carbocycles. The van der Waals surface area contributed by atoms with Gasteiger partial charge in [-0.25, -0.2) is 9.78 Å². The zero-order valence-corrected chi connectivity index (χ0v) is 14.6. The molecule has 2 atom stereocenters. The van der Waals surface area contributed by atoms with Crippen LogP contribution in [0.15, 0.2) is 42.9 Å². The van der Waals surface area contributed by atoms with E-state index in [-0.39, 0.29) is 18.1 Å². The van der Waals surface area contributed by atoms with Crippen molar-refractivity contribution in [1.29, 1.82) is 0 Å². The zero-order chi connectivity index (χ0) is 17.3. The van der Waals surface area contributed by atoms with E-state index < -0.39 is 5.60 Å². The Morgan fingerprint density at radius 2 is 2.00 bits per heavy atom. The number of esters is 1. The first-order chi connectivity index (χ1) is 12.2. The van der Waals surface area contributed by atoms with Gasteiger partial charge in [0, 0.05) is 0 Å². The van der Waals surface area contributed by atoms with Crippen molar-refractivity contribution < 1.29 is 14.3 Å². The number of hydrogen-bond donors (Lipinski definition) is 0. The van der Waals surface area contributed by atoms with Gasteiger partial charge in [-0.3, -0.25) is 0 Å². The van der Waals surface area contributed by atoms with Crippen LogP contribution in [-0.4, -0.2) is 33.8 Å². The lowest BCUT2D eigenvalue weighted by atomic mass is 9.82. The molecular formula is C20H24N2O3. The van der Waals surface area contributed by atoms with E-state index in [2.05, 4.69) is 24.0 Å². The molecule has 1 aromatic carbocycles. The highest BCUT2D eigenvalue weighted by Crippen LogP contribution is 2.41. The standard InChI is InChI=1S/C20H24N2O3/c1-15(16-8-4-2-5-9-16)22-14-21-12-17(22)19(23)25-20(18-13-24-18)10-6-3-7-11-20/h2,4-5,8-9,12,14-15,18H,3,6-7,10-11,13H2,1H3/t15-,18?/m1/s1. The van der Waals surface area contributed by atoms with Crippen molar-refractivity contribution >= 4 is 5.97 Å². The molecule has 0 radical (unpaired) electrons. The number of rotatable bonds is 5. The lowest BCUT2D eigenvalue weighted by molar-refractivity contribution is -0.0533. The number of ether oxygens (including phenoxy) is 2. The van der Waals surface area contributed by atoms with Crippen molar-refractivity contribution in [2.45, 2.75) is 56.8 Å². The Morgan fingerprint density at radius 3 is 2.68 bits per heavy atom. The molecule has 2 aliphatic rings. The molecule has 1 aliphatic heterocycles. The minimum Gasteiger partial charge on any atom is -0.451 e. The van der Waals surface area contributed by atoms with E-state index in [1.54, 1.807) is 12.5 Å². The zero-order valence-electron chi connectivity index (χ0n) is 14.6. The van der Waals surface area contributed by atoms with Crippen molar-refractivity contribution in [3.63, 3.8) is 0 Å². The molecule has 2 aromatic rings. The average molecular weight is 340 g/mol. The third-order valence-corrected chi connectivity index (χ3v) is 5.49. The van der Waals surface area contributed by atoms with Crippen LogP contribution in [-0.2, 0) is 9.47 Å². The van der Waals surface area contributed by atoms with Gasteiger partial charge >= 0.3 is 5.97 Å². The second-order valence-electron chi connectivity index (χ2n) is 7.11. The molecule has 0 bridgehead atoms. The van der Waals surface area contributed by atoms with E-state index in [0.29, 0.717) is 12.3 Å². The van der Waals surface area contributed by atoms with Crippen LogP contribution in [0.4, 0.5) is 0 Å². The Balaban J connectivity index is 1.56. The molecule has 132 valence electrons. The molecule has 0 N–H and O–H groups in total. The van der Waals surface area contributed by atoms with E-state index in [1.807, 2.05) is 22.8 Å². The van der Waals surface area contributed by atoms with Gasteiger partial charge in [-0.15, -0.1) is 0 Å². The summed E-state index contributed by atoms with van der Waals surface area (Å²) in [7, 11) is 0. The van der Waals surface area contributed by atoms with Crippen molar-refractivity contribution in [3.8, 4) is 0 Å². The minimum absolute atomic E-state index is 0.0192. The fraction of sp³-hybridized carbons (Fsp3) is 0.500. The fourth-order valence-electron chi connectivity index (χ4n) is 3.89. The Bertz CT molecular complexity index is 730. The van der Waals surface area contributed by atoms with Crippen molar-refractivity contribution in [3.05, 3.63) is 54.1 Å². The highest BCUT2D eigenvalue weighted by atomic mass is 16.6. The number of aromatic nitrogens is 2. The topological polar surface area (TPSA) is 56.7 Å². The highest BCUT2D eigenvalue weighted by Gasteiger charge is 2.50. The van der Waals surface area contributed by atoms with Gasteiger partial charge in [0.15, 0.2) is 0 Å². The van der Waals surface area contributed by atoms with Crippen LogP contribution in [0.1, 0.15) is 61.1 Å². The summed E-state index contributed by atoms with van der Waals surface area (Å²) < 4.78 is 13.5. The molecule has 2 heterocycles. The first-order valence-corrected chi connectivity index (χ1v) is 9.11. The van der Waals surface area contributed by atoms with Crippen molar-refractivity contribution in [2.24, 2.45) is 0 Å². The van der Waals surface area contributed by atoms with E-state index in [4.69, 9.17) is 9.47 Å². The molecule has 1 unspecified atom stereocenters. The van der Waals surface area contributed by atoms with Crippen LogP contribution >= 0.6 is 0 Å². The van der Waals surface area contributed by atoms with Gasteiger partial charge in [0.1, 0.15) is 17.4 Å². The average Bonchev–Trinajstić information content (AvgIpc) is 3.40. The first-order valence-electron chi connectivity index (χ1n) is 9.11. The van der Waals surface area contributed by atoms with E-state index in [0.717, 1.165) is 31.2 Å². The summed E-state index contributed by atoms with van der Waals surface area (Å²) in [5.74, 6) is -0.294. The number of imidazole rings is 1. The number of nitrogens with zero attached hydrogens (tertiary/aromatic N) is 2. The van der Waals surface area contributed by atoms with Crippen LogP contribution < -0.4 is 0 Å². The Morgan fingerprint density at radius 1 is 1.28 bits per heavy atom. The predicted molar refractivity (Wildman–Crippen MR) is 93.5 cm³/mol. The van der Waals surface area contributed by atoms with E-state index >= 15 is 0 Å². The van der Waals surface area contributed by atoms with Gasteiger partial charge in [-0.05, 0) is 38.2 Å². The summed E-state index contributed by atoms with van der Waals surface area (Å²) in [5.41, 5.74) is 1.19. The normalized spacial score (nSPS) is 23.0. The van der Waals surface area contributed by atoms with Crippen LogP contribution in [0.5, 0.6) is 0 Å². The maximum atomic E-state index is 12.9. The summed E-state index contributed by atoms with van der Waals surface area (Å²) in [6.45, 7) is 2.77. The summed E-state index contributed by atoms with van der Waals surface area (Å²) in [4.78, 5) is 17.1. The molecule has 1 saturated heterocycles. The molecule has 2 fully saturated rings. The van der Waals surface area contributed by atoms with Gasteiger partial charge in [0.25, 0.3) is 0 Å². The van der Waals surface area contributed by atoms with Gasteiger partial charge in [-0.2, -0.15) is 0 Å². The molecule has 5 nitrogen and oxygen atoms in total. The number of epoxide rings is 1. The smallest absolute Gasteiger partial charge is 0.357 e. The van der Waals surface area contributed by atoms with E-state index in [1.165, 1.54) is 6.42 Å². The molecule has 0 amide bonds. The SMILES string of the molecule is C[C@H](c1ccccc1)n1cncc1C(=O)OC1(C2CO2)CCCCC1. The summed E-state index contributed by atoms with van der Waals surface area (Å²) in [6.07, 6.45) is 8.55. The minimum atomic E-state index is -0.444. The molecule has 1 aromatic heterocycles. The van der Waals surface area contributed by atoms with Gasteiger partial charge in [-0.1, -0.05) is 36.8 Å². The third kappa shape index (κ3) is 3.21. The third-order valence-electron chi connectivity index (χ3n) is 5.49. The van der Waals surface area contributed by atoms with E-state index in [9.17, 15) is 4.79 Å². The molecule has 4 rings (SSSR count). The number of carbonyl (C=O) groups excluding carboxylic acids is 1. The van der Waals surface area contributed by atoms with Gasteiger partial charge < -0.3 is 14.0 Å². The highest BCUT2D eigenvalue weighted by molar-refractivity contribution is 5.87. The predicted octanol–water partition coefficient (Wildman–Crippen LogP) is 3.75. The molecule has 5 heteroatoms. The van der Waals surface area contributed by atoms with Crippen molar-refractivity contribution in [1.82, 2.24) is 9.55 Å². The van der Waals surface area contributed by atoms with Crippen LogP contribution in [0.3, 0.4) is 0 Å². The fourth-order valence-corrected chi connectivity index (χ4v) is 3.89. The van der Waals surface area contributed by atoms with Crippen LogP contribution in [0, 0.1) is 0 Å². The Kier molecular flexibility index (Phi) is 4.34. The van der Waals surface area contributed by atoms with Crippen LogP contribution in [0.25, 0.3) is 0 Å². The lowest BCUT2D eigenvalue weighted by Gasteiger charge is -2.35. The maximum Gasteiger partial charge on any atom is 0.357 e. The molecular weight excluding hydrogens is 316 g/mol. The maximum absolute atomic E-state index is 12.9. The van der Waals surface area contributed by atoms with Crippen molar-refractivity contribution in [2.75, 3.05) is 6.61 Å². The monoisotopic (exact) mass is 340 g/mol. The van der Waals surface area contributed by atoms with Gasteiger partial charge in [0.05, 0.1) is 25.2 Å². The second-order valence-corrected chi connectivity index (χ2v) is 7.11. The summed E-state index contributed by atoms with van der Waals surface area (Å²) in [5, 5.41) is 0. The molecule has 25 heavy (non-hydrogen) atoms. The quantitative estimate of drug-likeness (QED) is 0.614. The molecule has 0 spiro atoms. The number of benzene rings is 1. The number of carbonyl (C=O) groups is 1. The second kappa shape index (κ2) is 6.64. The lowest BCUT2D eigenvalue weighted by Crippen LogP contribution is -2.43. The Hall–Kier alpha value is -2.14. The molecule has 1 saturated carbocycles. The Labute approximate surface area is 148 Å². The first kappa shape index (κ1) is 16.3. The summed E-state index contributed by atoms with van der Waals surface area (Å²) in [6, 6.07) is 10.1. The van der Waals surface area contributed by atoms with Gasteiger partial charge in [0.2, 0.25) is 0 Å². The van der Waals surface area contributed by atoms with Crippen LogP contribution in [0.2, 0.25) is 0 Å². The largest absolute Gasteiger partial charge is 0.451 e. The summed E-state index contributed by atoms with van der Waals surface area (Å²) >= 11 is 0. The number of hydrogen-bond acceptors (Lipinski definition) is 4.